The van der Waals surface area contributed by atoms with Crippen molar-refractivity contribution in [2.75, 3.05) is 0 Å². The minimum absolute atomic E-state index is 0.173. The molecule has 0 saturated carbocycles. The van der Waals surface area contributed by atoms with E-state index < -0.39 is 11.7 Å². The van der Waals surface area contributed by atoms with Crippen LogP contribution in [0.3, 0.4) is 0 Å². The van der Waals surface area contributed by atoms with Gasteiger partial charge in [-0.25, -0.2) is 0 Å². The Bertz CT molecular complexity index is 887. The molecule has 2 heterocycles. The van der Waals surface area contributed by atoms with Crippen LogP contribution in [-0.2, 0) is 6.18 Å². The minimum Gasteiger partial charge on any atom is -0.319 e. The van der Waals surface area contributed by atoms with Crippen LogP contribution in [0.2, 0.25) is 0 Å². The van der Waals surface area contributed by atoms with Crippen molar-refractivity contribution in [3.05, 3.63) is 51.4 Å². The van der Waals surface area contributed by atoms with Crippen molar-refractivity contribution in [1.29, 1.82) is 0 Å². The van der Waals surface area contributed by atoms with Crippen LogP contribution in [0.25, 0.3) is 16.6 Å². The second-order valence-electron chi connectivity index (χ2n) is 4.84. The zero-order valence-corrected chi connectivity index (χ0v) is 10.8. The van der Waals surface area contributed by atoms with Gasteiger partial charge in [0.1, 0.15) is 5.52 Å². The molecule has 3 nitrogen and oxygen atoms in total. The van der Waals surface area contributed by atoms with E-state index in [1.807, 2.05) is 13.8 Å². The molecule has 0 aliphatic carbocycles. The van der Waals surface area contributed by atoms with Crippen LogP contribution in [0.5, 0.6) is 0 Å². The fourth-order valence-electron chi connectivity index (χ4n) is 2.40. The summed E-state index contributed by atoms with van der Waals surface area (Å²) in [4.78, 5) is 14.6. The van der Waals surface area contributed by atoms with Gasteiger partial charge in [0, 0.05) is 6.20 Å². The summed E-state index contributed by atoms with van der Waals surface area (Å²) in [6.45, 7) is 3.67. The maximum Gasteiger partial charge on any atom is 0.416 e. The van der Waals surface area contributed by atoms with E-state index in [0.717, 1.165) is 23.3 Å². The van der Waals surface area contributed by atoms with Crippen LogP contribution in [0.4, 0.5) is 13.2 Å². The quantitative estimate of drug-likeness (QED) is 0.673. The number of aromatic nitrogens is 2. The van der Waals surface area contributed by atoms with Gasteiger partial charge >= 0.3 is 6.18 Å². The van der Waals surface area contributed by atoms with Gasteiger partial charge in [0.25, 0.3) is 5.56 Å². The van der Waals surface area contributed by atoms with Crippen LogP contribution in [0, 0.1) is 13.8 Å². The van der Waals surface area contributed by atoms with Crippen molar-refractivity contribution in [1.82, 2.24) is 9.38 Å². The molecule has 0 saturated heterocycles. The summed E-state index contributed by atoms with van der Waals surface area (Å²) in [7, 11) is 0. The number of benzene rings is 1. The summed E-state index contributed by atoms with van der Waals surface area (Å²) >= 11 is 0. The van der Waals surface area contributed by atoms with Crippen molar-refractivity contribution >= 4 is 16.6 Å². The number of H-pyrrole nitrogens is 1. The monoisotopic (exact) mass is 280 g/mol. The Morgan fingerprint density at radius 3 is 2.55 bits per heavy atom. The van der Waals surface area contributed by atoms with Crippen molar-refractivity contribution in [3.63, 3.8) is 0 Å². The summed E-state index contributed by atoms with van der Waals surface area (Å²) < 4.78 is 39.7. The van der Waals surface area contributed by atoms with Crippen LogP contribution in [0.15, 0.2) is 29.2 Å². The van der Waals surface area contributed by atoms with E-state index in [-0.39, 0.29) is 11.1 Å². The number of alkyl halides is 3. The highest BCUT2D eigenvalue weighted by Gasteiger charge is 2.30. The Kier molecular flexibility index (Phi) is 2.48. The Balaban J connectivity index is 2.46. The van der Waals surface area contributed by atoms with Gasteiger partial charge in [-0.2, -0.15) is 13.2 Å². The summed E-state index contributed by atoms with van der Waals surface area (Å²) in [6.07, 6.45) is -2.67. The van der Waals surface area contributed by atoms with E-state index in [2.05, 4.69) is 4.98 Å². The van der Waals surface area contributed by atoms with Gasteiger partial charge in [-0.05, 0) is 43.2 Å². The number of nitrogens with one attached hydrogen (secondary N) is 1. The lowest BCUT2D eigenvalue weighted by molar-refractivity contribution is -0.137. The molecule has 0 aliphatic heterocycles. The molecule has 1 N–H and O–H groups in total. The lowest BCUT2D eigenvalue weighted by atomic mass is 10.2. The second-order valence-corrected chi connectivity index (χ2v) is 4.84. The highest BCUT2D eigenvalue weighted by Crippen LogP contribution is 2.31. The number of halogens is 3. The molecule has 6 heteroatoms. The number of hydrogen-bond donors (Lipinski definition) is 1. The van der Waals surface area contributed by atoms with E-state index in [0.29, 0.717) is 11.0 Å². The highest BCUT2D eigenvalue weighted by atomic mass is 19.4. The second kappa shape index (κ2) is 3.88. The van der Waals surface area contributed by atoms with E-state index in [4.69, 9.17) is 0 Å². The Labute approximate surface area is 111 Å². The van der Waals surface area contributed by atoms with Crippen molar-refractivity contribution in [2.24, 2.45) is 0 Å². The molecular weight excluding hydrogens is 269 g/mol. The van der Waals surface area contributed by atoms with Gasteiger partial charge in [-0.15, -0.1) is 0 Å². The standard InChI is InChI=1S/C14H11F3N2O/c1-7-6-19-11-4-3-9(14(15,16)17)5-10(11)18-13(20)12(19)8(7)2/h3-6H,1-2H3,(H,18,20). The Hall–Kier alpha value is -2.24. The molecule has 0 spiro atoms. The third kappa shape index (κ3) is 1.71. The molecular formula is C14H11F3N2O. The largest absolute Gasteiger partial charge is 0.416 e. The van der Waals surface area contributed by atoms with Gasteiger partial charge in [0.15, 0.2) is 0 Å². The predicted molar refractivity (Wildman–Crippen MR) is 70.0 cm³/mol. The summed E-state index contributed by atoms with van der Waals surface area (Å²) in [6, 6.07) is 3.35. The SMILES string of the molecule is Cc1cn2c(c1C)c(=O)[nH]c1cc(C(F)(F)F)ccc12. The fourth-order valence-corrected chi connectivity index (χ4v) is 2.40. The first kappa shape index (κ1) is 12.8. The number of hydrogen-bond acceptors (Lipinski definition) is 1. The number of nitrogens with zero attached hydrogens (tertiary/aromatic N) is 1. The molecule has 0 fully saturated rings. The molecule has 0 atom stereocenters. The smallest absolute Gasteiger partial charge is 0.319 e. The van der Waals surface area contributed by atoms with Crippen molar-refractivity contribution in [3.8, 4) is 0 Å². The predicted octanol–water partition coefficient (Wildman–Crippen LogP) is 3.42. The fraction of sp³-hybridized carbons (Fsp3) is 0.214. The van der Waals surface area contributed by atoms with E-state index >= 15 is 0 Å². The van der Waals surface area contributed by atoms with Gasteiger partial charge < -0.3 is 9.38 Å². The average Bonchev–Trinajstić information content (AvgIpc) is 2.65. The normalized spacial score (nSPS) is 12.4. The third-order valence-electron chi connectivity index (χ3n) is 3.56. The van der Waals surface area contributed by atoms with Crippen LogP contribution in [0.1, 0.15) is 16.7 Å². The van der Waals surface area contributed by atoms with E-state index in [1.165, 1.54) is 6.07 Å². The van der Waals surface area contributed by atoms with Crippen LogP contribution < -0.4 is 5.56 Å². The maximum absolute atomic E-state index is 12.7. The number of rotatable bonds is 0. The zero-order valence-electron chi connectivity index (χ0n) is 10.8. The molecule has 3 aromatic rings. The van der Waals surface area contributed by atoms with Crippen LogP contribution >= 0.6 is 0 Å². The summed E-state index contributed by atoms with van der Waals surface area (Å²) in [5.41, 5.74) is 1.77. The molecule has 0 aliphatic rings. The van der Waals surface area contributed by atoms with Gasteiger partial charge in [-0.3, -0.25) is 4.79 Å². The first-order chi connectivity index (χ1) is 9.29. The van der Waals surface area contributed by atoms with Gasteiger partial charge in [0.05, 0.1) is 16.6 Å². The summed E-state index contributed by atoms with van der Waals surface area (Å²) in [5.74, 6) is 0. The topological polar surface area (TPSA) is 37.3 Å². The van der Waals surface area contributed by atoms with Gasteiger partial charge in [0.2, 0.25) is 0 Å². The van der Waals surface area contributed by atoms with E-state index in [1.54, 1.807) is 10.6 Å². The lowest BCUT2D eigenvalue weighted by Gasteiger charge is -2.09. The molecule has 0 bridgehead atoms. The van der Waals surface area contributed by atoms with Crippen molar-refractivity contribution in [2.45, 2.75) is 20.0 Å². The zero-order chi connectivity index (χ0) is 14.7. The number of aromatic amines is 1. The van der Waals surface area contributed by atoms with Gasteiger partial charge in [-0.1, -0.05) is 0 Å². The third-order valence-corrected chi connectivity index (χ3v) is 3.56. The molecule has 0 unspecified atom stereocenters. The van der Waals surface area contributed by atoms with E-state index in [9.17, 15) is 18.0 Å². The first-order valence-corrected chi connectivity index (χ1v) is 6.00. The molecule has 0 radical (unpaired) electrons. The molecule has 1 aromatic carbocycles. The average molecular weight is 280 g/mol. The summed E-state index contributed by atoms with van der Waals surface area (Å²) in [5, 5.41) is 0. The molecule has 104 valence electrons. The molecule has 0 amide bonds. The molecule has 3 rings (SSSR count). The maximum atomic E-state index is 12.7. The Morgan fingerprint density at radius 1 is 1.20 bits per heavy atom. The first-order valence-electron chi connectivity index (χ1n) is 6.00. The number of aryl methyl sites for hydroxylation is 2. The van der Waals surface area contributed by atoms with Crippen LogP contribution in [-0.4, -0.2) is 9.38 Å². The highest BCUT2D eigenvalue weighted by molar-refractivity contribution is 5.80. The molecule has 20 heavy (non-hydrogen) atoms. The minimum atomic E-state index is -4.43. The Morgan fingerprint density at radius 2 is 1.90 bits per heavy atom. The molecule has 2 aromatic heterocycles. The van der Waals surface area contributed by atoms with Crippen molar-refractivity contribution < 1.29 is 13.2 Å². The lowest BCUT2D eigenvalue weighted by Crippen LogP contribution is -2.12. The number of fused-ring (bicyclic) bond motifs is 3.